The van der Waals surface area contributed by atoms with Crippen molar-refractivity contribution in [3.8, 4) is 5.88 Å². The van der Waals surface area contributed by atoms with Gasteiger partial charge in [-0.25, -0.2) is 4.98 Å². The first-order chi connectivity index (χ1) is 14.2. The number of benzene rings is 1. The number of Topliss-reactive ketones (excluding diaryl/α,β-unsaturated/α-hetero) is 1. The molecule has 4 rings (SSSR count). The monoisotopic (exact) mass is 414 g/mol. The van der Waals surface area contributed by atoms with Crippen molar-refractivity contribution >= 4 is 23.1 Å². The van der Waals surface area contributed by atoms with Crippen molar-refractivity contribution in [3.63, 3.8) is 0 Å². The summed E-state index contributed by atoms with van der Waals surface area (Å²) in [5.74, 6) is 1.03. The van der Waals surface area contributed by atoms with Crippen LogP contribution in [-0.2, 0) is 16.0 Å². The summed E-state index contributed by atoms with van der Waals surface area (Å²) in [5, 5.41) is 0.624. The molecule has 2 aromatic rings. The second-order valence-corrected chi connectivity index (χ2v) is 8.25. The summed E-state index contributed by atoms with van der Waals surface area (Å²) in [5.41, 5.74) is 2.30. The first kappa shape index (κ1) is 20.2. The molecule has 0 atom stereocenters. The summed E-state index contributed by atoms with van der Waals surface area (Å²) in [6.45, 7) is 3.41. The number of ketones is 1. The number of pyridine rings is 1. The van der Waals surface area contributed by atoms with E-state index in [1.165, 1.54) is 5.69 Å². The van der Waals surface area contributed by atoms with Gasteiger partial charge in [-0.3, -0.25) is 4.79 Å². The zero-order valence-electron chi connectivity index (χ0n) is 16.6. The summed E-state index contributed by atoms with van der Waals surface area (Å²) in [4.78, 5) is 19.3. The van der Waals surface area contributed by atoms with Crippen LogP contribution in [0.5, 0.6) is 5.88 Å². The van der Waals surface area contributed by atoms with E-state index < -0.39 is 0 Å². The topological polar surface area (TPSA) is 51.7 Å². The van der Waals surface area contributed by atoms with Gasteiger partial charge in [-0.15, -0.1) is 0 Å². The smallest absolute Gasteiger partial charge is 0.214 e. The van der Waals surface area contributed by atoms with E-state index in [2.05, 4.69) is 34.1 Å². The molecule has 0 N–H and O–H groups in total. The molecule has 0 bridgehead atoms. The fraction of sp³-hybridized carbons (Fsp3) is 0.478. The van der Waals surface area contributed by atoms with Crippen LogP contribution in [0.2, 0.25) is 5.02 Å². The number of halogens is 1. The number of hydrogen-bond donors (Lipinski definition) is 0. The Bertz CT molecular complexity index is 813. The number of ether oxygens (including phenoxy) is 2. The van der Waals surface area contributed by atoms with Gasteiger partial charge in [0.1, 0.15) is 11.9 Å². The third-order valence-corrected chi connectivity index (χ3v) is 6.04. The Kier molecular flexibility index (Phi) is 6.67. The third-order valence-electron chi connectivity index (χ3n) is 5.80. The third kappa shape index (κ3) is 5.49. The highest BCUT2D eigenvalue weighted by Gasteiger charge is 2.27. The van der Waals surface area contributed by atoms with Gasteiger partial charge in [0.2, 0.25) is 5.88 Å². The summed E-state index contributed by atoms with van der Waals surface area (Å²) in [6, 6.07) is 11.9. The second kappa shape index (κ2) is 9.59. The number of morpholine rings is 1. The average molecular weight is 415 g/mol. The number of nitrogens with zero attached hydrogens (tertiary/aromatic N) is 2. The van der Waals surface area contributed by atoms with E-state index in [0.29, 0.717) is 23.1 Å². The molecule has 5 nitrogen and oxygen atoms in total. The van der Waals surface area contributed by atoms with Gasteiger partial charge in [0, 0.05) is 48.4 Å². The SMILES string of the molecule is O=C(Cc1ccc(N2CCOCC2)cc1)C1CCC(Oc2cc(Cl)ccn2)CC1. The van der Waals surface area contributed by atoms with E-state index in [0.717, 1.165) is 57.6 Å². The van der Waals surface area contributed by atoms with Gasteiger partial charge in [-0.2, -0.15) is 0 Å². The number of anilines is 1. The average Bonchev–Trinajstić information content (AvgIpc) is 2.75. The van der Waals surface area contributed by atoms with Crippen LogP contribution < -0.4 is 9.64 Å². The largest absolute Gasteiger partial charge is 0.474 e. The molecule has 29 heavy (non-hydrogen) atoms. The van der Waals surface area contributed by atoms with Gasteiger partial charge in [0.05, 0.1) is 13.2 Å². The summed E-state index contributed by atoms with van der Waals surface area (Å²) >= 11 is 5.99. The minimum atomic E-state index is 0.109. The lowest BCUT2D eigenvalue weighted by atomic mass is 9.83. The first-order valence-electron chi connectivity index (χ1n) is 10.4. The highest BCUT2D eigenvalue weighted by molar-refractivity contribution is 6.30. The van der Waals surface area contributed by atoms with Gasteiger partial charge in [-0.05, 0) is 49.4 Å². The van der Waals surface area contributed by atoms with E-state index in [1.54, 1.807) is 18.3 Å². The van der Waals surface area contributed by atoms with Crippen molar-refractivity contribution in [2.75, 3.05) is 31.2 Å². The molecule has 1 saturated heterocycles. The zero-order valence-corrected chi connectivity index (χ0v) is 17.3. The zero-order chi connectivity index (χ0) is 20.1. The van der Waals surface area contributed by atoms with Gasteiger partial charge in [0.15, 0.2) is 0 Å². The lowest BCUT2D eigenvalue weighted by Gasteiger charge is -2.29. The molecule has 1 aliphatic carbocycles. The van der Waals surface area contributed by atoms with Crippen molar-refractivity contribution in [2.45, 2.75) is 38.2 Å². The Morgan fingerprint density at radius 1 is 1.10 bits per heavy atom. The van der Waals surface area contributed by atoms with E-state index in [9.17, 15) is 4.79 Å². The van der Waals surface area contributed by atoms with Crippen LogP contribution in [0.4, 0.5) is 5.69 Å². The fourth-order valence-corrected chi connectivity index (χ4v) is 4.26. The maximum absolute atomic E-state index is 12.8. The molecule has 6 heteroatoms. The molecular formula is C23H27ClN2O3. The summed E-state index contributed by atoms with van der Waals surface area (Å²) in [7, 11) is 0. The number of hydrogen-bond acceptors (Lipinski definition) is 5. The van der Waals surface area contributed by atoms with E-state index >= 15 is 0 Å². The molecule has 0 amide bonds. The van der Waals surface area contributed by atoms with Crippen LogP contribution in [0.25, 0.3) is 0 Å². The molecule has 154 valence electrons. The molecule has 0 spiro atoms. The predicted molar refractivity (Wildman–Crippen MR) is 114 cm³/mol. The first-order valence-corrected chi connectivity index (χ1v) is 10.8. The second-order valence-electron chi connectivity index (χ2n) is 7.81. The molecule has 2 heterocycles. The highest BCUT2D eigenvalue weighted by Crippen LogP contribution is 2.29. The van der Waals surface area contributed by atoms with Gasteiger partial charge in [-0.1, -0.05) is 23.7 Å². The highest BCUT2D eigenvalue weighted by atomic mass is 35.5. The number of aromatic nitrogens is 1. The molecule has 1 saturated carbocycles. The minimum Gasteiger partial charge on any atom is -0.474 e. The Labute approximate surface area is 177 Å². The van der Waals surface area contributed by atoms with Gasteiger partial charge < -0.3 is 14.4 Å². The Morgan fingerprint density at radius 2 is 1.83 bits per heavy atom. The Balaban J connectivity index is 1.25. The van der Waals surface area contributed by atoms with Gasteiger partial charge >= 0.3 is 0 Å². The van der Waals surface area contributed by atoms with Crippen molar-refractivity contribution in [3.05, 3.63) is 53.2 Å². The quantitative estimate of drug-likeness (QED) is 0.704. The molecule has 0 unspecified atom stereocenters. The molecule has 1 aromatic heterocycles. The number of carbonyl (C=O) groups excluding carboxylic acids is 1. The molecule has 2 aliphatic rings. The molecule has 1 aromatic carbocycles. The van der Waals surface area contributed by atoms with E-state index in [-0.39, 0.29) is 12.0 Å². The predicted octanol–water partition coefficient (Wildman–Crippen LogP) is 4.32. The maximum atomic E-state index is 12.8. The van der Waals surface area contributed by atoms with Crippen molar-refractivity contribution in [1.82, 2.24) is 4.98 Å². The lowest BCUT2D eigenvalue weighted by molar-refractivity contribution is -0.123. The van der Waals surface area contributed by atoms with Crippen molar-refractivity contribution in [1.29, 1.82) is 0 Å². The van der Waals surface area contributed by atoms with Crippen LogP contribution >= 0.6 is 11.6 Å². The van der Waals surface area contributed by atoms with Crippen LogP contribution in [0.15, 0.2) is 42.6 Å². The van der Waals surface area contributed by atoms with Crippen molar-refractivity contribution in [2.24, 2.45) is 5.92 Å². The summed E-state index contributed by atoms with van der Waals surface area (Å²) < 4.78 is 11.3. The number of carbonyl (C=O) groups is 1. The van der Waals surface area contributed by atoms with Crippen LogP contribution in [-0.4, -0.2) is 43.2 Å². The summed E-state index contributed by atoms with van der Waals surface area (Å²) in [6.07, 6.45) is 5.76. The molecule has 1 aliphatic heterocycles. The minimum absolute atomic E-state index is 0.109. The maximum Gasteiger partial charge on any atom is 0.214 e. The lowest BCUT2D eigenvalue weighted by Crippen LogP contribution is -2.36. The van der Waals surface area contributed by atoms with Crippen molar-refractivity contribution < 1.29 is 14.3 Å². The van der Waals surface area contributed by atoms with Crippen LogP contribution in [0.3, 0.4) is 0 Å². The van der Waals surface area contributed by atoms with Crippen LogP contribution in [0.1, 0.15) is 31.2 Å². The Hall–Kier alpha value is -2.11. The molecule has 0 radical (unpaired) electrons. The fourth-order valence-electron chi connectivity index (χ4n) is 4.11. The normalized spacial score (nSPS) is 22.3. The number of rotatable bonds is 6. The van der Waals surface area contributed by atoms with Gasteiger partial charge in [0.25, 0.3) is 0 Å². The molecular weight excluding hydrogens is 388 g/mol. The molecule has 2 fully saturated rings. The van der Waals surface area contributed by atoms with E-state index in [1.807, 2.05) is 0 Å². The van der Waals surface area contributed by atoms with E-state index in [4.69, 9.17) is 21.1 Å². The standard InChI is InChI=1S/C23H27ClN2O3/c24-19-9-10-25-23(16-19)29-21-7-3-18(4-8-21)22(27)15-17-1-5-20(6-2-17)26-11-13-28-14-12-26/h1-2,5-6,9-10,16,18,21H,3-4,7-8,11-15H2. The van der Waals surface area contributed by atoms with Crippen LogP contribution in [0, 0.1) is 5.92 Å². The Morgan fingerprint density at radius 3 is 2.52 bits per heavy atom.